The number of hydrogen-bond acceptors (Lipinski definition) is 1. The quantitative estimate of drug-likeness (QED) is 0.691. The summed E-state index contributed by atoms with van der Waals surface area (Å²) in [5, 5.41) is 0.287. The minimum Gasteiger partial charge on any atom is -0.412 e. The van der Waals surface area contributed by atoms with Gasteiger partial charge in [0.25, 0.3) is 0 Å². The van der Waals surface area contributed by atoms with E-state index in [1.807, 2.05) is 0 Å². The van der Waals surface area contributed by atoms with Crippen LogP contribution < -0.4 is 0 Å². The van der Waals surface area contributed by atoms with Crippen molar-refractivity contribution in [3.8, 4) is 0 Å². The molecule has 0 aromatic carbocycles. The van der Waals surface area contributed by atoms with Crippen molar-refractivity contribution in [3.63, 3.8) is 0 Å². The number of hydrogen-bond donors (Lipinski definition) is 0. The van der Waals surface area contributed by atoms with Crippen molar-refractivity contribution in [1.29, 1.82) is 0 Å². The Hall–Kier alpha value is 0.397. The lowest BCUT2D eigenvalue weighted by atomic mass is 10.2. The number of halogens is 1. The Morgan fingerprint density at radius 3 is 2.08 bits per heavy atom. The van der Waals surface area contributed by atoms with Crippen LogP contribution in [0.5, 0.6) is 0 Å². The smallest absolute Gasteiger partial charge is 0.192 e. The lowest BCUT2D eigenvalue weighted by Gasteiger charge is -2.36. The van der Waals surface area contributed by atoms with Gasteiger partial charge in [-0.3, -0.25) is 0 Å². The molecule has 72 valence electrons. The molecule has 0 rings (SSSR count). The summed E-state index contributed by atoms with van der Waals surface area (Å²) >= 11 is 3.30. The normalized spacial score (nSPS) is 13.2. The van der Waals surface area contributed by atoms with Gasteiger partial charge in [-0.2, -0.15) is 0 Å². The van der Waals surface area contributed by atoms with Gasteiger partial charge in [0.05, 0.1) is 6.61 Å². The van der Waals surface area contributed by atoms with Crippen molar-refractivity contribution < 1.29 is 4.43 Å². The van der Waals surface area contributed by atoms with Crippen LogP contribution in [0.25, 0.3) is 0 Å². The summed E-state index contributed by atoms with van der Waals surface area (Å²) in [4.78, 5) is 0. The molecule has 12 heavy (non-hydrogen) atoms. The molecule has 0 aliphatic heterocycles. The highest BCUT2D eigenvalue weighted by atomic mass is 79.9. The lowest BCUT2D eigenvalue weighted by Crippen LogP contribution is -2.40. The molecule has 0 N–H and O–H groups in total. The first-order valence-corrected chi connectivity index (χ1v) is 7.84. The van der Waals surface area contributed by atoms with E-state index in [1.165, 1.54) is 0 Å². The molecule has 1 nitrogen and oxygen atoms in total. The summed E-state index contributed by atoms with van der Waals surface area (Å²) in [6.45, 7) is 15.6. The molecule has 0 bridgehead atoms. The van der Waals surface area contributed by atoms with Gasteiger partial charge in [-0.15, -0.1) is 0 Å². The molecule has 0 aliphatic carbocycles. The zero-order chi connectivity index (χ0) is 9.99. The van der Waals surface area contributed by atoms with Crippen LogP contribution >= 0.6 is 15.9 Å². The van der Waals surface area contributed by atoms with E-state index in [-0.39, 0.29) is 5.04 Å². The third-order valence-corrected chi connectivity index (χ3v) is 7.10. The van der Waals surface area contributed by atoms with Crippen LogP contribution in [0.15, 0.2) is 11.1 Å². The second-order valence-corrected chi connectivity index (χ2v) is 10.5. The molecule has 0 atom stereocenters. The third-order valence-electron chi connectivity index (χ3n) is 2.40. The van der Waals surface area contributed by atoms with Crippen molar-refractivity contribution in [2.45, 2.75) is 38.9 Å². The number of rotatable bonds is 3. The lowest BCUT2D eigenvalue weighted by molar-refractivity contribution is 0.326. The summed E-state index contributed by atoms with van der Waals surface area (Å²) in [6, 6.07) is 0. The van der Waals surface area contributed by atoms with Crippen LogP contribution in [-0.2, 0) is 4.43 Å². The van der Waals surface area contributed by atoms with Gasteiger partial charge in [0, 0.05) is 4.48 Å². The Balaban J connectivity index is 4.14. The Kier molecular flexibility index (Phi) is 4.21. The first-order valence-electron chi connectivity index (χ1n) is 4.14. The molecule has 0 amide bonds. The molecule has 0 fully saturated rings. The molecular formula is C9H19BrOSi. The predicted molar refractivity (Wildman–Crippen MR) is 61.2 cm³/mol. The fraction of sp³-hybridized carbons (Fsp3) is 0.778. The van der Waals surface area contributed by atoms with E-state index in [9.17, 15) is 0 Å². The van der Waals surface area contributed by atoms with Gasteiger partial charge in [0.2, 0.25) is 0 Å². The molecule has 0 unspecified atom stereocenters. The summed E-state index contributed by atoms with van der Waals surface area (Å²) in [6.07, 6.45) is 0. The maximum absolute atomic E-state index is 5.85. The van der Waals surface area contributed by atoms with Crippen LogP contribution in [0.1, 0.15) is 20.8 Å². The van der Waals surface area contributed by atoms with E-state index in [2.05, 4.69) is 56.4 Å². The highest BCUT2D eigenvalue weighted by Crippen LogP contribution is 2.36. The topological polar surface area (TPSA) is 9.23 Å². The van der Waals surface area contributed by atoms with Gasteiger partial charge in [-0.1, -0.05) is 43.3 Å². The zero-order valence-electron chi connectivity index (χ0n) is 8.70. The van der Waals surface area contributed by atoms with Crippen molar-refractivity contribution in [1.82, 2.24) is 0 Å². The molecule has 0 saturated carbocycles. The molecular weight excluding hydrogens is 232 g/mol. The highest BCUT2D eigenvalue weighted by Gasteiger charge is 2.36. The van der Waals surface area contributed by atoms with Crippen LogP contribution in [-0.4, -0.2) is 14.9 Å². The van der Waals surface area contributed by atoms with E-state index in [1.54, 1.807) is 0 Å². The second kappa shape index (κ2) is 4.07. The van der Waals surface area contributed by atoms with Crippen LogP contribution in [0.3, 0.4) is 0 Å². The van der Waals surface area contributed by atoms with E-state index in [0.717, 1.165) is 4.48 Å². The SMILES string of the molecule is C=C(Br)CO[Si](C)(C)C(C)(C)C. The Morgan fingerprint density at radius 2 is 1.83 bits per heavy atom. The maximum Gasteiger partial charge on any atom is 0.192 e. The molecule has 0 aromatic heterocycles. The van der Waals surface area contributed by atoms with Crippen molar-refractivity contribution in [2.75, 3.05) is 6.61 Å². The van der Waals surface area contributed by atoms with Gasteiger partial charge in [0.1, 0.15) is 0 Å². The third kappa shape index (κ3) is 3.87. The van der Waals surface area contributed by atoms with Gasteiger partial charge in [-0.25, -0.2) is 0 Å². The van der Waals surface area contributed by atoms with E-state index >= 15 is 0 Å². The molecule has 0 radical (unpaired) electrons. The minimum absolute atomic E-state index is 0.287. The first kappa shape index (κ1) is 12.4. The first-order chi connectivity index (χ1) is 5.17. The fourth-order valence-electron chi connectivity index (χ4n) is 0.475. The molecule has 0 heterocycles. The molecule has 3 heteroatoms. The Bertz CT molecular complexity index is 170. The van der Waals surface area contributed by atoms with Gasteiger partial charge in [0.15, 0.2) is 8.32 Å². The van der Waals surface area contributed by atoms with Gasteiger partial charge < -0.3 is 4.43 Å². The van der Waals surface area contributed by atoms with E-state index < -0.39 is 8.32 Å². The van der Waals surface area contributed by atoms with Crippen molar-refractivity contribution >= 4 is 24.2 Å². The molecule has 0 aliphatic rings. The van der Waals surface area contributed by atoms with E-state index in [4.69, 9.17) is 4.43 Å². The van der Waals surface area contributed by atoms with Crippen molar-refractivity contribution in [2.24, 2.45) is 0 Å². The van der Waals surface area contributed by atoms with Crippen molar-refractivity contribution in [3.05, 3.63) is 11.1 Å². The second-order valence-electron chi connectivity index (χ2n) is 4.57. The molecule has 0 spiro atoms. The summed E-state index contributed by atoms with van der Waals surface area (Å²) in [5.74, 6) is 0. The average Bonchev–Trinajstić information content (AvgIpc) is 1.81. The fourth-order valence-corrected chi connectivity index (χ4v) is 1.77. The van der Waals surface area contributed by atoms with Crippen LogP contribution in [0.4, 0.5) is 0 Å². The molecule has 0 saturated heterocycles. The Morgan fingerprint density at radius 1 is 1.42 bits per heavy atom. The average molecular weight is 251 g/mol. The summed E-state index contributed by atoms with van der Waals surface area (Å²) < 4.78 is 6.77. The van der Waals surface area contributed by atoms with Crippen LogP contribution in [0, 0.1) is 0 Å². The van der Waals surface area contributed by atoms with Crippen LogP contribution in [0.2, 0.25) is 18.1 Å². The predicted octanol–water partition coefficient (Wildman–Crippen LogP) is 3.92. The zero-order valence-corrected chi connectivity index (χ0v) is 11.3. The molecule has 0 aromatic rings. The standard InChI is InChI=1S/C9H19BrOSi/c1-8(10)7-11-12(5,6)9(2,3)4/h1,7H2,2-6H3. The summed E-state index contributed by atoms with van der Waals surface area (Å²) in [7, 11) is -1.56. The largest absolute Gasteiger partial charge is 0.412 e. The highest BCUT2D eigenvalue weighted by molar-refractivity contribution is 9.11. The van der Waals surface area contributed by atoms with Gasteiger partial charge in [-0.05, 0) is 18.1 Å². The maximum atomic E-state index is 5.85. The monoisotopic (exact) mass is 250 g/mol. The Labute approximate surface area is 85.5 Å². The minimum atomic E-state index is -1.56. The van der Waals surface area contributed by atoms with E-state index in [0.29, 0.717) is 6.61 Å². The van der Waals surface area contributed by atoms with Gasteiger partial charge >= 0.3 is 0 Å². The summed E-state index contributed by atoms with van der Waals surface area (Å²) in [5.41, 5.74) is 0.